The summed E-state index contributed by atoms with van der Waals surface area (Å²) >= 11 is 0.925. The summed E-state index contributed by atoms with van der Waals surface area (Å²) in [5.41, 5.74) is 0.494. The maximum atomic E-state index is 13.5. The van der Waals surface area contributed by atoms with Crippen molar-refractivity contribution in [3.63, 3.8) is 0 Å². The molecule has 3 rings (SSSR count). The molecular formula is C14H12FN5O3S. The van der Waals surface area contributed by atoms with Gasteiger partial charge in [-0.25, -0.2) is 9.07 Å². The second-order valence-electron chi connectivity index (χ2n) is 4.95. The highest BCUT2D eigenvalue weighted by atomic mass is 32.2. The van der Waals surface area contributed by atoms with Crippen molar-refractivity contribution in [2.45, 2.75) is 13.1 Å². The van der Waals surface area contributed by atoms with E-state index in [1.807, 2.05) is 0 Å². The molecule has 0 spiro atoms. The van der Waals surface area contributed by atoms with Crippen molar-refractivity contribution >= 4 is 34.5 Å². The molecule has 2 heterocycles. The first kappa shape index (κ1) is 16.1. The average molecular weight is 349 g/mol. The van der Waals surface area contributed by atoms with E-state index >= 15 is 0 Å². The summed E-state index contributed by atoms with van der Waals surface area (Å²) in [4.78, 5) is 36.4. The van der Waals surface area contributed by atoms with Crippen LogP contribution in [0.25, 0.3) is 0 Å². The Morgan fingerprint density at radius 3 is 2.83 bits per heavy atom. The zero-order valence-electron chi connectivity index (χ0n) is 12.3. The number of rotatable bonds is 5. The number of carbonyl (C=O) groups is 3. The fourth-order valence-corrected chi connectivity index (χ4v) is 2.84. The van der Waals surface area contributed by atoms with Gasteiger partial charge >= 0.3 is 0 Å². The van der Waals surface area contributed by atoms with Gasteiger partial charge in [0.05, 0.1) is 29.9 Å². The van der Waals surface area contributed by atoms with Crippen LogP contribution >= 0.6 is 11.8 Å². The van der Waals surface area contributed by atoms with Crippen LogP contribution in [0, 0.1) is 5.82 Å². The molecule has 1 N–H and O–H groups in total. The Labute approximate surface area is 140 Å². The molecule has 10 heteroatoms. The molecule has 1 saturated heterocycles. The number of benzene rings is 1. The number of carbonyl (C=O) groups excluding carboxylic acids is 3. The predicted molar refractivity (Wildman–Crippen MR) is 83.5 cm³/mol. The van der Waals surface area contributed by atoms with Crippen LogP contribution in [0.15, 0.2) is 30.5 Å². The maximum absolute atomic E-state index is 13.5. The first-order chi connectivity index (χ1) is 11.5. The Morgan fingerprint density at radius 2 is 2.12 bits per heavy atom. The number of anilines is 1. The molecule has 124 valence electrons. The number of aromatic nitrogens is 3. The van der Waals surface area contributed by atoms with Gasteiger partial charge in [0.15, 0.2) is 0 Å². The summed E-state index contributed by atoms with van der Waals surface area (Å²) in [6.07, 6.45) is 1.37. The number of amides is 3. The molecule has 1 aromatic heterocycles. The van der Waals surface area contributed by atoms with Crippen LogP contribution in [-0.2, 0) is 22.7 Å². The fourth-order valence-electron chi connectivity index (χ4n) is 2.12. The van der Waals surface area contributed by atoms with Crippen LogP contribution in [0.1, 0.15) is 5.69 Å². The number of para-hydroxylation sites is 1. The Balaban J connectivity index is 1.67. The van der Waals surface area contributed by atoms with E-state index < -0.39 is 11.7 Å². The number of halogens is 1. The number of hydrogen-bond acceptors (Lipinski definition) is 6. The van der Waals surface area contributed by atoms with Gasteiger partial charge in [0.2, 0.25) is 11.8 Å². The molecule has 0 atom stereocenters. The first-order valence-corrected chi connectivity index (χ1v) is 7.92. The van der Waals surface area contributed by atoms with E-state index in [4.69, 9.17) is 0 Å². The summed E-state index contributed by atoms with van der Waals surface area (Å²) in [6, 6.07) is 5.79. The van der Waals surface area contributed by atoms with Crippen molar-refractivity contribution < 1.29 is 18.8 Å². The quantitative estimate of drug-likeness (QED) is 0.873. The van der Waals surface area contributed by atoms with Gasteiger partial charge in [-0.2, -0.15) is 0 Å². The van der Waals surface area contributed by atoms with E-state index in [9.17, 15) is 18.8 Å². The van der Waals surface area contributed by atoms with E-state index in [0.29, 0.717) is 5.69 Å². The van der Waals surface area contributed by atoms with Gasteiger partial charge in [-0.15, -0.1) is 5.10 Å². The normalized spacial score (nSPS) is 14.3. The molecule has 1 aliphatic rings. The summed E-state index contributed by atoms with van der Waals surface area (Å²) in [5.74, 6) is -1.24. The second-order valence-corrected chi connectivity index (χ2v) is 5.87. The van der Waals surface area contributed by atoms with Gasteiger partial charge in [-0.05, 0) is 12.1 Å². The minimum Gasteiger partial charge on any atom is -0.322 e. The lowest BCUT2D eigenvalue weighted by atomic mass is 10.3. The molecule has 2 aromatic rings. The molecule has 0 saturated carbocycles. The smallest absolute Gasteiger partial charge is 0.289 e. The van der Waals surface area contributed by atoms with Crippen molar-refractivity contribution in [2.75, 3.05) is 11.1 Å². The zero-order chi connectivity index (χ0) is 17.1. The number of imide groups is 1. The largest absolute Gasteiger partial charge is 0.322 e. The van der Waals surface area contributed by atoms with E-state index in [0.717, 1.165) is 16.7 Å². The highest BCUT2D eigenvalue weighted by Gasteiger charge is 2.30. The summed E-state index contributed by atoms with van der Waals surface area (Å²) in [6.45, 7) is -0.225. The molecular weight excluding hydrogens is 337 g/mol. The highest BCUT2D eigenvalue weighted by Crippen LogP contribution is 2.21. The zero-order valence-corrected chi connectivity index (χ0v) is 13.1. The van der Waals surface area contributed by atoms with Crippen LogP contribution in [0.5, 0.6) is 0 Å². The van der Waals surface area contributed by atoms with E-state index in [-0.39, 0.29) is 35.7 Å². The van der Waals surface area contributed by atoms with Crippen molar-refractivity contribution in [1.29, 1.82) is 0 Å². The standard InChI is InChI=1S/C14H12FN5O3S/c15-10-3-1-2-4-11(10)17-12(21)7-20-9(5-16-18-20)6-19-13(22)8-24-14(19)23/h1-5H,6-8H2,(H,17,21). The molecule has 0 unspecified atom stereocenters. The lowest BCUT2D eigenvalue weighted by molar-refractivity contribution is -0.125. The molecule has 1 aliphatic heterocycles. The Hall–Kier alpha value is -2.75. The molecule has 8 nitrogen and oxygen atoms in total. The molecule has 3 amide bonds. The lowest BCUT2D eigenvalue weighted by Crippen LogP contribution is -2.30. The second kappa shape index (κ2) is 6.79. The Morgan fingerprint density at radius 1 is 1.33 bits per heavy atom. The van der Waals surface area contributed by atoms with Gasteiger partial charge in [0.25, 0.3) is 5.24 Å². The molecule has 0 radical (unpaired) electrons. The van der Waals surface area contributed by atoms with Crippen LogP contribution in [-0.4, -0.2) is 42.7 Å². The number of nitrogens with zero attached hydrogens (tertiary/aromatic N) is 4. The van der Waals surface area contributed by atoms with Gasteiger partial charge < -0.3 is 5.32 Å². The molecule has 0 aliphatic carbocycles. The van der Waals surface area contributed by atoms with E-state index in [2.05, 4.69) is 15.6 Å². The molecule has 24 heavy (non-hydrogen) atoms. The number of hydrogen-bond donors (Lipinski definition) is 1. The molecule has 0 bridgehead atoms. The minimum absolute atomic E-state index is 0.00928. The lowest BCUT2D eigenvalue weighted by Gasteiger charge is -2.13. The maximum Gasteiger partial charge on any atom is 0.289 e. The van der Waals surface area contributed by atoms with Crippen molar-refractivity contribution in [2.24, 2.45) is 0 Å². The van der Waals surface area contributed by atoms with E-state index in [1.54, 1.807) is 6.07 Å². The van der Waals surface area contributed by atoms with Crippen LogP contribution in [0.4, 0.5) is 14.9 Å². The third-order valence-electron chi connectivity index (χ3n) is 3.30. The number of nitrogens with one attached hydrogen (secondary N) is 1. The first-order valence-electron chi connectivity index (χ1n) is 6.93. The third kappa shape index (κ3) is 3.43. The molecule has 1 fully saturated rings. The minimum atomic E-state index is -0.546. The van der Waals surface area contributed by atoms with Gasteiger partial charge in [-0.3, -0.25) is 19.3 Å². The van der Waals surface area contributed by atoms with Crippen molar-refractivity contribution in [1.82, 2.24) is 19.9 Å². The van der Waals surface area contributed by atoms with Crippen LogP contribution < -0.4 is 5.32 Å². The average Bonchev–Trinajstić information content (AvgIpc) is 3.11. The topological polar surface area (TPSA) is 97.2 Å². The van der Waals surface area contributed by atoms with Crippen LogP contribution in [0.3, 0.4) is 0 Å². The Kier molecular flexibility index (Phi) is 4.56. The van der Waals surface area contributed by atoms with Crippen LogP contribution in [0.2, 0.25) is 0 Å². The van der Waals surface area contributed by atoms with Gasteiger partial charge in [0.1, 0.15) is 12.4 Å². The third-order valence-corrected chi connectivity index (χ3v) is 4.16. The summed E-state index contributed by atoms with van der Waals surface area (Å²) in [7, 11) is 0. The summed E-state index contributed by atoms with van der Waals surface area (Å²) in [5, 5.41) is 9.55. The van der Waals surface area contributed by atoms with Crippen molar-refractivity contribution in [3.05, 3.63) is 42.0 Å². The predicted octanol–water partition coefficient (Wildman–Crippen LogP) is 1.25. The van der Waals surface area contributed by atoms with Gasteiger partial charge in [0, 0.05) is 0 Å². The number of thioether (sulfide) groups is 1. The Bertz CT molecular complexity index is 793. The SMILES string of the molecule is O=C(Cn1nncc1CN1C(=O)CSC1=O)Nc1ccccc1F. The van der Waals surface area contributed by atoms with Gasteiger partial charge in [-0.1, -0.05) is 29.1 Å². The van der Waals surface area contributed by atoms with Crippen molar-refractivity contribution in [3.8, 4) is 0 Å². The monoisotopic (exact) mass is 349 g/mol. The fraction of sp³-hybridized carbons (Fsp3) is 0.214. The van der Waals surface area contributed by atoms with E-state index in [1.165, 1.54) is 29.1 Å². The molecule has 1 aromatic carbocycles. The summed E-state index contributed by atoms with van der Waals surface area (Å²) < 4.78 is 14.8. The highest BCUT2D eigenvalue weighted by molar-refractivity contribution is 8.14.